The Morgan fingerprint density at radius 3 is 2.32 bits per heavy atom. The zero-order valence-electron chi connectivity index (χ0n) is 15.4. The van der Waals surface area contributed by atoms with Gasteiger partial charge in [-0.15, -0.1) is 0 Å². The van der Waals surface area contributed by atoms with Gasteiger partial charge >= 0.3 is 0 Å². The second-order valence-corrected chi connectivity index (χ2v) is 5.95. The summed E-state index contributed by atoms with van der Waals surface area (Å²) in [6.45, 7) is 2.31. The molecular formula is C20H20FN5O2. The number of nitrogens with one attached hydrogen (secondary N) is 2. The van der Waals surface area contributed by atoms with E-state index in [0.29, 0.717) is 17.8 Å². The quantitative estimate of drug-likeness (QED) is 0.614. The topological polar surface area (TPSA) is 88.9 Å². The number of aromatic nitrogens is 3. The smallest absolute Gasteiger partial charge is 0.254 e. The van der Waals surface area contributed by atoms with Crippen molar-refractivity contribution in [2.24, 2.45) is 0 Å². The van der Waals surface area contributed by atoms with Crippen molar-refractivity contribution in [2.45, 2.75) is 13.3 Å². The van der Waals surface area contributed by atoms with Crippen LogP contribution in [0.5, 0.6) is 0 Å². The van der Waals surface area contributed by atoms with Crippen molar-refractivity contribution in [3.8, 4) is 5.82 Å². The predicted octanol–water partition coefficient (Wildman–Crippen LogP) is 2.13. The molecule has 1 aromatic carbocycles. The van der Waals surface area contributed by atoms with Crippen LogP contribution < -0.4 is 10.6 Å². The lowest BCUT2D eigenvalue weighted by Gasteiger charge is -2.09. The molecule has 0 radical (unpaired) electrons. The van der Waals surface area contributed by atoms with Crippen LogP contribution in [-0.2, 0) is 6.42 Å². The number of pyridine rings is 1. The van der Waals surface area contributed by atoms with E-state index in [2.05, 4.69) is 20.7 Å². The fourth-order valence-corrected chi connectivity index (χ4v) is 2.77. The normalized spacial score (nSPS) is 10.5. The van der Waals surface area contributed by atoms with Gasteiger partial charge in [0.05, 0.1) is 23.0 Å². The van der Waals surface area contributed by atoms with Gasteiger partial charge in [-0.2, -0.15) is 5.10 Å². The number of nitrogens with zero attached hydrogens (tertiary/aromatic N) is 3. The molecule has 0 saturated heterocycles. The second kappa shape index (κ2) is 8.90. The summed E-state index contributed by atoms with van der Waals surface area (Å²) >= 11 is 0. The van der Waals surface area contributed by atoms with Gasteiger partial charge in [0.2, 0.25) is 0 Å². The molecule has 0 spiro atoms. The molecule has 8 heteroatoms. The minimum Gasteiger partial charge on any atom is -0.350 e. The van der Waals surface area contributed by atoms with Crippen LogP contribution in [0.15, 0.2) is 54.9 Å². The first-order chi connectivity index (χ1) is 13.6. The average molecular weight is 381 g/mol. The number of benzene rings is 1. The number of rotatable bonds is 7. The maximum absolute atomic E-state index is 13.6. The highest BCUT2D eigenvalue weighted by molar-refractivity contribution is 5.96. The van der Waals surface area contributed by atoms with E-state index in [0.717, 1.165) is 5.69 Å². The SMILES string of the molecule is CCc1c(C(=O)NCCNC(=O)c2ccccc2F)cnn1-c1ccccn1. The summed E-state index contributed by atoms with van der Waals surface area (Å²) in [5, 5.41) is 9.59. The van der Waals surface area contributed by atoms with Crippen LogP contribution in [-0.4, -0.2) is 39.7 Å². The Labute approximate surface area is 161 Å². The standard InChI is InChI=1S/C20H20FN5O2/c1-2-17-15(13-25-26(17)18-9-5-6-10-22-18)20(28)24-12-11-23-19(27)14-7-3-4-8-16(14)21/h3-10,13H,2,11-12H2,1H3,(H,23,27)(H,24,28). The van der Waals surface area contributed by atoms with Gasteiger partial charge in [-0.3, -0.25) is 9.59 Å². The fourth-order valence-electron chi connectivity index (χ4n) is 2.77. The van der Waals surface area contributed by atoms with Crippen LogP contribution in [0.3, 0.4) is 0 Å². The van der Waals surface area contributed by atoms with Crippen molar-refractivity contribution in [2.75, 3.05) is 13.1 Å². The lowest BCUT2D eigenvalue weighted by molar-refractivity contribution is 0.0925. The van der Waals surface area contributed by atoms with Crippen LogP contribution >= 0.6 is 0 Å². The van der Waals surface area contributed by atoms with Gasteiger partial charge < -0.3 is 10.6 Å². The summed E-state index contributed by atoms with van der Waals surface area (Å²) in [6.07, 6.45) is 3.76. The first-order valence-corrected chi connectivity index (χ1v) is 8.91. The van der Waals surface area contributed by atoms with Gasteiger partial charge in [-0.1, -0.05) is 25.1 Å². The van der Waals surface area contributed by atoms with Gasteiger partial charge in [0.1, 0.15) is 5.82 Å². The summed E-state index contributed by atoms with van der Waals surface area (Å²) in [5.74, 6) is -0.766. The van der Waals surface area contributed by atoms with Crippen LogP contribution in [0.25, 0.3) is 5.82 Å². The molecular weight excluding hydrogens is 361 g/mol. The van der Waals surface area contributed by atoms with Crippen molar-refractivity contribution in [1.82, 2.24) is 25.4 Å². The number of hydrogen-bond acceptors (Lipinski definition) is 4. The van der Waals surface area contributed by atoms with Crippen LogP contribution in [0.2, 0.25) is 0 Å². The molecule has 0 aliphatic heterocycles. The number of amides is 2. The molecule has 0 fully saturated rings. The summed E-state index contributed by atoms with van der Waals surface area (Å²) < 4.78 is 15.2. The maximum atomic E-state index is 13.6. The Bertz CT molecular complexity index is 972. The highest BCUT2D eigenvalue weighted by Gasteiger charge is 2.17. The molecule has 0 bridgehead atoms. The van der Waals surface area contributed by atoms with Crippen molar-refractivity contribution < 1.29 is 14.0 Å². The second-order valence-electron chi connectivity index (χ2n) is 5.95. The van der Waals surface area contributed by atoms with Gasteiger partial charge in [-0.25, -0.2) is 14.1 Å². The third kappa shape index (κ3) is 4.22. The van der Waals surface area contributed by atoms with Crippen molar-refractivity contribution in [1.29, 1.82) is 0 Å². The van der Waals surface area contributed by atoms with E-state index in [4.69, 9.17) is 0 Å². The number of carbonyl (C=O) groups is 2. The average Bonchev–Trinajstić information content (AvgIpc) is 3.16. The van der Waals surface area contributed by atoms with Crippen LogP contribution in [0.1, 0.15) is 33.3 Å². The van der Waals surface area contributed by atoms with E-state index >= 15 is 0 Å². The van der Waals surface area contributed by atoms with Gasteiger partial charge in [0.25, 0.3) is 11.8 Å². The van der Waals surface area contributed by atoms with E-state index in [-0.39, 0.29) is 24.6 Å². The molecule has 28 heavy (non-hydrogen) atoms. The summed E-state index contributed by atoms with van der Waals surface area (Å²) in [5.41, 5.74) is 1.17. The Kier molecular flexibility index (Phi) is 6.11. The number of halogens is 1. The molecule has 0 atom stereocenters. The van der Waals surface area contributed by atoms with Crippen LogP contribution in [0.4, 0.5) is 4.39 Å². The van der Waals surface area contributed by atoms with Gasteiger partial charge in [0, 0.05) is 19.3 Å². The summed E-state index contributed by atoms with van der Waals surface area (Å²) in [4.78, 5) is 28.7. The molecule has 0 aliphatic carbocycles. The molecule has 2 N–H and O–H groups in total. The lowest BCUT2D eigenvalue weighted by atomic mass is 10.2. The van der Waals surface area contributed by atoms with Crippen molar-refractivity contribution in [3.05, 3.63) is 77.5 Å². The minimum absolute atomic E-state index is 0.0290. The van der Waals surface area contributed by atoms with Gasteiger partial charge in [0.15, 0.2) is 5.82 Å². The zero-order valence-corrected chi connectivity index (χ0v) is 15.4. The zero-order chi connectivity index (χ0) is 19.9. The first-order valence-electron chi connectivity index (χ1n) is 8.91. The first kappa shape index (κ1) is 19.2. The minimum atomic E-state index is -0.585. The number of carbonyl (C=O) groups excluding carboxylic acids is 2. The molecule has 2 aromatic heterocycles. The largest absolute Gasteiger partial charge is 0.350 e. The molecule has 0 aliphatic rings. The van der Waals surface area contributed by atoms with Crippen LogP contribution in [0, 0.1) is 5.82 Å². The third-order valence-electron chi connectivity index (χ3n) is 4.13. The third-order valence-corrected chi connectivity index (χ3v) is 4.13. The highest BCUT2D eigenvalue weighted by atomic mass is 19.1. The lowest BCUT2D eigenvalue weighted by Crippen LogP contribution is -2.35. The number of hydrogen-bond donors (Lipinski definition) is 2. The molecule has 2 amide bonds. The molecule has 2 heterocycles. The Morgan fingerprint density at radius 2 is 1.68 bits per heavy atom. The predicted molar refractivity (Wildman–Crippen MR) is 102 cm³/mol. The highest BCUT2D eigenvalue weighted by Crippen LogP contribution is 2.14. The van der Waals surface area contributed by atoms with E-state index in [1.165, 1.54) is 24.4 Å². The molecule has 0 saturated carbocycles. The van der Waals surface area contributed by atoms with E-state index in [1.54, 1.807) is 16.9 Å². The monoisotopic (exact) mass is 381 g/mol. The van der Waals surface area contributed by atoms with E-state index in [1.807, 2.05) is 25.1 Å². The summed E-state index contributed by atoms with van der Waals surface area (Å²) in [6, 6.07) is 11.2. The molecule has 0 unspecified atom stereocenters. The van der Waals surface area contributed by atoms with Crippen molar-refractivity contribution >= 4 is 11.8 Å². The van der Waals surface area contributed by atoms with E-state index in [9.17, 15) is 14.0 Å². The van der Waals surface area contributed by atoms with Gasteiger partial charge in [-0.05, 0) is 30.7 Å². The Hall–Kier alpha value is -3.55. The van der Waals surface area contributed by atoms with E-state index < -0.39 is 11.7 Å². The summed E-state index contributed by atoms with van der Waals surface area (Å²) in [7, 11) is 0. The Morgan fingerprint density at radius 1 is 1.00 bits per heavy atom. The molecule has 3 aromatic rings. The maximum Gasteiger partial charge on any atom is 0.254 e. The molecule has 7 nitrogen and oxygen atoms in total. The van der Waals surface area contributed by atoms with Crippen molar-refractivity contribution in [3.63, 3.8) is 0 Å². The Balaban J connectivity index is 1.58. The molecule has 3 rings (SSSR count). The fraction of sp³-hybridized carbons (Fsp3) is 0.200. The molecule has 144 valence electrons.